The van der Waals surface area contributed by atoms with Crippen molar-refractivity contribution in [2.24, 2.45) is 0 Å². The van der Waals surface area contributed by atoms with Crippen LogP contribution in [-0.2, 0) is 0 Å². The lowest BCUT2D eigenvalue weighted by Crippen LogP contribution is -1.98. The van der Waals surface area contributed by atoms with E-state index in [1.54, 1.807) is 7.11 Å². The van der Waals surface area contributed by atoms with Gasteiger partial charge in [0.1, 0.15) is 11.5 Å². The lowest BCUT2D eigenvalue weighted by Gasteiger charge is -2.10. The number of hydrogen-bond donors (Lipinski definition) is 1. The number of benzene rings is 1. The van der Waals surface area contributed by atoms with Crippen molar-refractivity contribution in [3.63, 3.8) is 0 Å². The average Bonchev–Trinajstić information content (AvgIpc) is 2.10. The molecule has 0 amide bonds. The molecular formula is C10H15NO2. The Morgan fingerprint density at radius 1 is 1.31 bits per heavy atom. The predicted octanol–water partition coefficient (Wildman–Crippen LogP) is 1.98. The molecule has 1 rings (SSSR count). The largest absolute Gasteiger partial charge is 0.494 e. The number of ether oxygens (including phenoxy) is 2. The van der Waals surface area contributed by atoms with Crippen molar-refractivity contribution in [1.29, 1.82) is 0 Å². The van der Waals surface area contributed by atoms with E-state index in [-0.39, 0.29) is 0 Å². The molecule has 0 bridgehead atoms. The van der Waals surface area contributed by atoms with Gasteiger partial charge in [-0.05, 0) is 25.5 Å². The van der Waals surface area contributed by atoms with Crippen LogP contribution in [0, 0.1) is 6.92 Å². The van der Waals surface area contributed by atoms with Gasteiger partial charge in [0.2, 0.25) is 0 Å². The maximum absolute atomic E-state index is 5.72. The third-order valence-electron chi connectivity index (χ3n) is 1.83. The molecule has 3 heteroatoms. The lowest BCUT2D eigenvalue weighted by molar-refractivity contribution is 0.334. The van der Waals surface area contributed by atoms with Crippen LogP contribution in [0.25, 0.3) is 0 Å². The molecule has 0 atom stereocenters. The molecule has 1 aromatic carbocycles. The Kier molecular flexibility index (Phi) is 3.01. The van der Waals surface area contributed by atoms with Gasteiger partial charge in [-0.1, -0.05) is 0 Å². The molecule has 3 nitrogen and oxygen atoms in total. The summed E-state index contributed by atoms with van der Waals surface area (Å²) in [4.78, 5) is 0. The third-order valence-corrected chi connectivity index (χ3v) is 1.83. The van der Waals surface area contributed by atoms with Crippen molar-refractivity contribution in [3.8, 4) is 11.5 Å². The van der Waals surface area contributed by atoms with Crippen molar-refractivity contribution in [3.05, 3.63) is 17.7 Å². The van der Waals surface area contributed by atoms with Crippen molar-refractivity contribution in [2.75, 3.05) is 19.5 Å². The van der Waals surface area contributed by atoms with E-state index in [0.717, 1.165) is 11.3 Å². The van der Waals surface area contributed by atoms with Crippen LogP contribution in [0.3, 0.4) is 0 Å². The first kappa shape index (κ1) is 9.71. The molecule has 0 unspecified atom stereocenters. The number of methoxy groups -OCH3 is 1. The van der Waals surface area contributed by atoms with Crippen molar-refractivity contribution >= 4 is 5.69 Å². The van der Waals surface area contributed by atoms with Gasteiger partial charge in [0.15, 0.2) is 0 Å². The molecule has 0 saturated carbocycles. The van der Waals surface area contributed by atoms with Gasteiger partial charge in [0.25, 0.3) is 0 Å². The molecule has 0 aliphatic carbocycles. The van der Waals surface area contributed by atoms with E-state index in [4.69, 9.17) is 15.2 Å². The molecule has 0 aliphatic rings. The van der Waals surface area contributed by atoms with Gasteiger partial charge in [0.05, 0.1) is 19.4 Å². The second-order valence-electron chi connectivity index (χ2n) is 2.79. The maximum Gasteiger partial charge on any atom is 0.145 e. The van der Waals surface area contributed by atoms with Gasteiger partial charge in [-0.2, -0.15) is 0 Å². The third kappa shape index (κ3) is 2.05. The minimum atomic E-state index is 0.642. The van der Waals surface area contributed by atoms with Gasteiger partial charge in [-0.15, -0.1) is 0 Å². The fourth-order valence-corrected chi connectivity index (χ4v) is 1.18. The number of aryl methyl sites for hydroxylation is 1. The van der Waals surface area contributed by atoms with Crippen molar-refractivity contribution < 1.29 is 9.47 Å². The molecule has 72 valence electrons. The molecule has 0 heterocycles. The summed E-state index contributed by atoms with van der Waals surface area (Å²) in [5.74, 6) is 1.49. The van der Waals surface area contributed by atoms with Gasteiger partial charge < -0.3 is 15.2 Å². The Balaban J connectivity index is 3.06. The van der Waals surface area contributed by atoms with Gasteiger partial charge in [0, 0.05) is 6.07 Å². The van der Waals surface area contributed by atoms with E-state index in [1.165, 1.54) is 0 Å². The number of nitrogens with two attached hydrogens (primary N) is 1. The van der Waals surface area contributed by atoms with Crippen LogP contribution in [0.15, 0.2) is 12.1 Å². The fourth-order valence-electron chi connectivity index (χ4n) is 1.18. The zero-order valence-corrected chi connectivity index (χ0v) is 8.26. The average molecular weight is 181 g/mol. The van der Waals surface area contributed by atoms with E-state index in [0.29, 0.717) is 18.0 Å². The summed E-state index contributed by atoms with van der Waals surface area (Å²) in [5, 5.41) is 0. The summed E-state index contributed by atoms with van der Waals surface area (Å²) >= 11 is 0. The van der Waals surface area contributed by atoms with Crippen LogP contribution >= 0.6 is 0 Å². The van der Waals surface area contributed by atoms with E-state index >= 15 is 0 Å². The van der Waals surface area contributed by atoms with E-state index in [2.05, 4.69) is 0 Å². The summed E-state index contributed by atoms with van der Waals surface area (Å²) in [7, 11) is 1.59. The monoisotopic (exact) mass is 181 g/mol. The van der Waals surface area contributed by atoms with E-state index < -0.39 is 0 Å². The van der Waals surface area contributed by atoms with Crippen LogP contribution in [0.1, 0.15) is 12.5 Å². The Labute approximate surface area is 78.5 Å². The summed E-state index contributed by atoms with van der Waals surface area (Å²) < 4.78 is 10.5. The molecule has 0 aromatic heterocycles. The predicted molar refractivity (Wildman–Crippen MR) is 53.3 cm³/mol. The van der Waals surface area contributed by atoms with Crippen LogP contribution in [0.4, 0.5) is 5.69 Å². The number of nitrogen functional groups attached to an aromatic ring is 1. The standard InChI is InChI=1S/C10H15NO2/c1-4-13-9-6-10(12-3)8(11)5-7(9)2/h5-6H,4,11H2,1-3H3. The first-order valence-corrected chi connectivity index (χ1v) is 4.26. The van der Waals surface area contributed by atoms with Crippen LogP contribution in [0.5, 0.6) is 11.5 Å². The molecule has 0 aliphatic heterocycles. The Morgan fingerprint density at radius 2 is 2.00 bits per heavy atom. The van der Waals surface area contributed by atoms with Gasteiger partial charge in [-0.3, -0.25) is 0 Å². The fraction of sp³-hybridized carbons (Fsp3) is 0.400. The molecule has 2 N–H and O–H groups in total. The molecule has 13 heavy (non-hydrogen) atoms. The van der Waals surface area contributed by atoms with Crippen LogP contribution < -0.4 is 15.2 Å². The topological polar surface area (TPSA) is 44.5 Å². The SMILES string of the molecule is CCOc1cc(OC)c(N)cc1C. The first-order valence-electron chi connectivity index (χ1n) is 4.26. The Hall–Kier alpha value is -1.38. The molecule has 0 radical (unpaired) electrons. The van der Waals surface area contributed by atoms with E-state index in [1.807, 2.05) is 26.0 Å². The minimum absolute atomic E-state index is 0.642. The highest BCUT2D eigenvalue weighted by Gasteiger charge is 2.05. The quantitative estimate of drug-likeness (QED) is 0.725. The summed E-state index contributed by atoms with van der Waals surface area (Å²) in [5.41, 5.74) is 7.39. The maximum atomic E-state index is 5.72. The molecule has 0 saturated heterocycles. The molecule has 0 spiro atoms. The van der Waals surface area contributed by atoms with E-state index in [9.17, 15) is 0 Å². The Morgan fingerprint density at radius 3 is 2.54 bits per heavy atom. The summed E-state index contributed by atoms with van der Waals surface area (Å²) in [6.07, 6.45) is 0. The zero-order valence-electron chi connectivity index (χ0n) is 8.26. The smallest absolute Gasteiger partial charge is 0.145 e. The van der Waals surface area contributed by atoms with Gasteiger partial charge >= 0.3 is 0 Å². The number of hydrogen-bond acceptors (Lipinski definition) is 3. The second-order valence-corrected chi connectivity index (χ2v) is 2.79. The van der Waals surface area contributed by atoms with Crippen molar-refractivity contribution in [2.45, 2.75) is 13.8 Å². The lowest BCUT2D eigenvalue weighted by atomic mass is 10.2. The second kappa shape index (κ2) is 4.03. The van der Waals surface area contributed by atoms with Gasteiger partial charge in [-0.25, -0.2) is 0 Å². The molecule has 0 fully saturated rings. The number of anilines is 1. The van der Waals surface area contributed by atoms with Crippen molar-refractivity contribution in [1.82, 2.24) is 0 Å². The first-order chi connectivity index (χ1) is 6.19. The Bertz CT molecular complexity index is 297. The summed E-state index contributed by atoms with van der Waals surface area (Å²) in [6.45, 7) is 4.55. The highest BCUT2D eigenvalue weighted by Crippen LogP contribution is 2.30. The van der Waals surface area contributed by atoms with Crippen LogP contribution in [-0.4, -0.2) is 13.7 Å². The van der Waals surface area contributed by atoms with Crippen LogP contribution in [0.2, 0.25) is 0 Å². The highest BCUT2D eigenvalue weighted by molar-refractivity contribution is 5.58. The minimum Gasteiger partial charge on any atom is -0.494 e. The normalized spacial score (nSPS) is 9.77. The zero-order chi connectivity index (χ0) is 9.84. The number of rotatable bonds is 3. The highest BCUT2D eigenvalue weighted by atomic mass is 16.5. The summed E-state index contributed by atoms with van der Waals surface area (Å²) in [6, 6.07) is 3.66. The molecular weight excluding hydrogens is 166 g/mol. The molecule has 1 aromatic rings.